The summed E-state index contributed by atoms with van der Waals surface area (Å²) in [7, 11) is 0. The van der Waals surface area contributed by atoms with Gasteiger partial charge in [0.25, 0.3) is 11.8 Å². The van der Waals surface area contributed by atoms with Gasteiger partial charge >= 0.3 is 0 Å². The first-order valence-corrected chi connectivity index (χ1v) is 11.8. The summed E-state index contributed by atoms with van der Waals surface area (Å²) >= 11 is 0. The summed E-state index contributed by atoms with van der Waals surface area (Å²) in [4.78, 5) is 35.8. The van der Waals surface area contributed by atoms with Gasteiger partial charge in [0.1, 0.15) is 5.69 Å². The van der Waals surface area contributed by atoms with E-state index >= 15 is 0 Å². The van der Waals surface area contributed by atoms with E-state index < -0.39 is 0 Å². The molecule has 0 spiro atoms. The molecule has 34 heavy (non-hydrogen) atoms. The van der Waals surface area contributed by atoms with E-state index in [0.29, 0.717) is 43.4 Å². The van der Waals surface area contributed by atoms with Crippen molar-refractivity contribution in [1.82, 2.24) is 30.0 Å². The number of pyridine rings is 1. The molecule has 0 saturated heterocycles. The number of H-pyrrole nitrogens is 1. The molecule has 8 nitrogen and oxygen atoms in total. The monoisotopic (exact) mass is 454 g/mol. The number of hydrogen-bond donors (Lipinski definition) is 2. The SMILES string of the molecule is O=C(NCc1ccccn1)c1nn(CC2CC2)c2c1CN(C(=O)c1cc3ccccc3[nH]1)CC2. The number of fused-ring (bicyclic) bond motifs is 2. The van der Waals surface area contributed by atoms with Gasteiger partial charge in [-0.15, -0.1) is 0 Å². The molecule has 1 fully saturated rings. The molecule has 6 rings (SSSR count). The number of rotatable bonds is 6. The van der Waals surface area contributed by atoms with Crippen molar-refractivity contribution >= 4 is 22.7 Å². The fraction of sp³-hybridized carbons (Fsp3) is 0.308. The zero-order valence-electron chi connectivity index (χ0n) is 18.8. The van der Waals surface area contributed by atoms with E-state index in [1.165, 1.54) is 12.8 Å². The Labute approximate surface area is 197 Å². The number of benzene rings is 1. The van der Waals surface area contributed by atoms with Crippen LogP contribution in [0.2, 0.25) is 0 Å². The van der Waals surface area contributed by atoms with E-state index in [9.17, 15) is 9.59 Å². The lowest BCUT2D eigenvalue weighted by atomic mass is 10.0. The fourth-order valence-corrected chi connectivity index (χ4v) is 4.66. The molecule has 172 valence electrons. The molecule has 1 saturated carbocycles. The van der Waals surface area contributed by atoms with Gasteiger partial charge in [-0.3, -0.25) is 19.3 Å². The van der Waals surface area contributed by atoms with Crippen LogP contribution in [0.4, 0.5) is 0 Å². The Kier molecular flexibility index (Phi) is 5.13. The van der Waals surface area contributed by atoms with Crippen molar-refractivity contribution in [3.8, 4) is 0 Å². The molecule has 0 radical (unpaired) electrons. The minimum absolute atomic E-state index is 0.0587. The second kappa shape index (κ2) is 8.44. The quantitative estimate of drug-likeness (QED) is 0.467. The molecule has 2 amide bonds. The van der Waals surface area contributed by atoms with Gasteiger partial charge in [0, 0.05) is 47.9 Å². The number of hydrogen-bond acceptors (Lipinski definition) is 4. The van der Waals surface area contributed by atoms with Crippen LogP contribution < -0.4 is 5.32 Å². The Morgan fingerprint density at radius 3 is 2.76 bits per heavy atom. The van der Waals surface area contributed by atoms with E-state index in [4.69, 9.17) is 5.10 Å². The van der Waals surface area contributed by atoms with E-state index in [1.807, 2.05) is 58.1 Å². The minimum Gasteiger partial charge on any atom is -0.351 e. The first kappa shape index (κ1) is 20.7. The molecule has 1 aliphatic heterocycles. The van der Waals surface area contributed by atoms with Crippen LogP contribution in [0, 0.1) is 5.92 Å². The van der Waals surface area contributed by atoms with Gasteiger partial charge in [0.2, 0.25) is 0 Å². The van der Waals surface area contributed by atoms with Crippen LogP contribution in [0.25, 0.3) is 10.9 Å². The summed E-state index contributed by atoms with van der Waals surface area (Å²) in [5.41, 5.74) is 4.65. The van der Waals surface area contributed by atoms with Gasteiger partial charge in [-0.25, -0.2) is 0 Å². The Balaban J connectivity index is 1.26. The van der Waals surface area contributed by atoms with Crippen molar-refractivity contribution in [2.45, 2.75) is 38.9 Å². The minimum atomic E-state index is -0.226. The number of nitrogens with one attached hydrogen (secondary N) is 2. The maximum absolute atomic E-state index is 13.3. The molecule has 4 heterocycles. The lowest BCUT2D eigenvalue weighted by Gasteiger charge is -2.27. The molecule has 3 aromatic heterocycles. The normalized spacial score (nSPS) is 15.4. The fourth-order valence-electron chi connectivity index (χ4n) is 4.66. The van der Waals surface area contributed by atoms with Gasteiger partial charge in [-0.05, 0) is 43.0 Å². The van der Waals surface area contributed by atoms with E-state index in [2.05, 4.69) is 15.3 Å². The first-order valence-electron chi connectivity index (χ1n) is 11.8. The maximum Gasteiger partial charge on any atom is 0.272 e. The molecule has 2 N–H and O–H groups in total. The van der Waals surface area contributed by atoms with Crippen molar-refractivity contribution in [2.24, 2.45) is 5.92 Å². The van der Waals surface area contributed by atoms with E-state index in [-0.39, 0.29) is 11.8 Å². The summed E-state index contributed by atoms with van der Waals surface area (Å²) in [6, 6.07) is 15.4. The van der Waals surface area contributed by atoms with Crippen LogP contribution in [0.3, 0.4) is 0 Å². The second-order valence-corrected chi connectivity index (χ2v) is 9.15. The maximum atomic E-state index is 13.3. The summed E-state index contributed by atoms with van der Waals surface area (Å²) in [6.45, 7) is 2.15. The van der Waals surface area contributed by atoms with Crippen LogP contribution in [-0.4, -0.2) is 43.0 Å². The lowest BCUT2D eigenvalue weighted by Crippen LogP contribution is -2.37. The highest BCUT2D eigenvalue weighted by atomic mass is 16.2. The predicted octanol–water partition coefficient (Wildman–Crippen LogP) is 3.30. The highest BCUT2D eigenvalue weighted by Gasteiger charge is 2.33. The van der Waals surface area contributed by atoms with Crippen LogP contribution in [0.1, 0.15) is 50.8 Å². The van der Waals surface area contributed by atoms with Gasteiger partial charge < -0.3 is 15.2 Å². The van der Waals surface area contributed by atoms with E-state index in [1.54, 1.807) is 6.20 Å². The Morgan fingerprint density at radius 2 is 1.97 bits per heavy atom. The summed E-state index contributed by atoms with van der Waals surface area (Å²) in [5.74, 6) is 0.354. The number of aromatic nitrogens is 4. The van der Waals surface area contributed by atoms with Gasteiger partial charge in [0.05, 0.1) is 18.8 Å². The number of carbonyl (C=O) groups excluding carboxylic acids is 2. The Morgan fingerprint density at radius 1 is 1.12 bits per heavy atom. The summed E-state index contributed by atoms with van der Waals surface area (Å²) in [5, 5.41) is 8.69. The van der Waals surface area contributed by atoms with E-state index in [0.717, 1.165) is 34.4 Å². The molecule has 0 bridgehead atoms. The van der Waals surface area contributed by atoms with Crippen molar-refractivity contribution in [3.05, 3.63) is 83.1 Å². The molecule has 1 aromatic carbocycles. The first-order chi connectivity index (χ1) is 16.7. The Bertz CT molecular complexity index is 1340. The zero-order valence-corrected chi connectivity index (χ0v) is 18.8. The van der Waals surface area contributed by atoms with Gasteiger partial charge in [-0.2, -0.15) is 5.10 Å². The average Bonchev–Trinajstić information content (AvgIpc) is 3.47. The van der Waals surface area contributed by atoms with Gasteiger partial charge in [-0.1, -0.05) is 24.3 Å². The topological polar surface area (TPSA) is 95.9 Å². The molecular weight excluding hydrogens is 428 g/mol. The van der Waals surface area contributed by atoms with Crippen LogP contribution in [-0.2, 0) is 26.1 Å². The van der Waals surface area contributed by atoms with Crippen molar-refractivity contribution in [3.63, 3.8) is 0 Å². The molecule has 1 aliphatic carbocycles. The van der Waals surface area contributed by atoms with Gasteiger partial charge in [0.15, 0.2) is 5.69 Å². The molecule has 2 aliphatic rings. The summed E-state index contributed by atoms with van der Waals surface area (Å²) < 4.78 is 2.01. The third-order valence-corrected chi connectivity index (χ3v) is 6.68. The van der Waals surface area contributed by atoms with Crippen LogP contribution >= 0.6 is 0 Å². The van der Waals surface area contributed by atoms with Crippen molar-refractivity contribution in [1.29, 1.82) is 0 Å². The molecule has 0 atom stereocenters. The Hall–Kier alpha value is -3.94. The molecule has 0 unspecified atom stereocenters. The number of para-hydroxylation sites is 1. The predicted molar refractivity (Wildman–Crippen MR) is 127 cm³/mol. The highest BCUT2D eigenvalue weighted by Crippen LogP contribution is 2.33. The number of aromatic amines is 1. The number of carbonyl (C=O) groups is 2. The standard InChI is InChI=1S/C26H26N6O2/c33-25(28-14-19-6-3-4-11-27-19)24-20-16-31(12-10-23(20)32(30-24)15-17-8-9-17)26(34)22-13-18-5-1-2-7-21(18)29-22/h1-7,11,13,17,29H,8-10,12,14-16H2,(H,28,33). The molecule has 8 heteroatoms. The largest absolute Gasteiger partial charge is 0.351 e. The van der Waals surface area contributed by atoms with Crippen LogP contribution in [0.15, 0.2) is 54.7 Å². The number of amides is 2. The smallest absolute Gasteiger partial charge is 0.272 e. The second-order valence-electron chi connectivity index (χ2n) is 9.15. The third kappa shape index (κ3) is 3.96. The lowest BCUT2D eigenvalue weighted by molar-refractivity contribution is 0.0725. The third-order valence-electron chi connectivity index (χ3n) is 6.68. The highest BCUT2D eigenvalue weighted by molar-refractivity contribution is 5.98. The van der Waals surface area contributed by atoms with Crippen molar-refractivity contribution in [2.75, 3.05) is 6.54 Å². The number of nitrogens with zero attached hydrogens (tertiary/aromatic N) is 4. The van der Waals surface area contributed by atoms with Crippen molar-refractivity contribution < 1.29 is 9.59 Å². The molecule has 4 aromatic rings. The average molecular weight is 455 g/mol. The summed E-state index contributed by atoms with van der Waals surface area (Å²) in [6.07, 6.45) is 4.82. The van der Waals surface area contributed by atoms with Crippen LogP contribution in [0.5, 0.6) is 0 Å². The molecular formula is C26H26N6O2. The zero-order chi connectivity index (χ0) is 23.1.